The third kappa shape index (κ3) is 2.73. The minimum Gasteiger partial charge on any atom is -0.340 e. The third-order valence-electron chi connectivity index (χ3n) is 6.55. The zero-order valence-corrected chi connectivity index (χ0v) is 15.9. The SMILES string of the molecule is Cn1nc(C(=O)N2CCCCC23CC(=O)N(CC2CC2)C3)c2ccccc21. The summed E-state index contributed by atoms with van der Waals surface area (Å²) in [5.41, 5.74) is 1.13. The van der Waals surface area contributed by atoms with E-state index in [0.717, 1.165) is 36.7 Å². The molecule has 0 bridgehead atoms. The van der Waals surface area contributed by atoms with Crippen LogP contribution in [-0.4, -0.2) is 56.6 Å². The van der Waals surface area contributed by atoms with Gasteiger partial charge in [-0.05, 0) is 44.1 Å². The van der Waals surface area contributed by atoms with Crippen molar-refractivity contribution in [3.63, 3.8) is 0 Å². The van der Waals surface area contributed by atoms with Gasteiger partial charge in [0.1, 0.15) is 0 Å². The quantitative estimate of drug-likeness (QED) is 0.839. The van der Waals surface area contributed by atoms with Crippen LogP contribution in [0.15, 0.2) is 24.3 Å². The smallest absolute Gasteiger partial charge is 0.275 e. The van der Waals surface area contributed by atoms with Crippen LogP contribution in [0.1, 0.15) is 49.0 Å². The molecule has 2 saturated heterocycles. The second kappa shape index (κ2) is 6.08. The summed E-state index contributed by atoms with van der Waals surface area (Å²) in [6.45, 7) is 2.28. The first-order valence-corrected chi connectivity index (χ1v) is 10.1. The zero-order chi connectivity index (χ0) is 18.6. The van der Waals surface area contributed by atoms with Crippen molar-refractivity contribution in [1.82, 2.24) is 19.6 Å². The molecule has 3 fully saturated rings. The van der Waals surface area contributed by atoms with Gasteiger partial charge in [-0.15, -0.1) is 0 Å². The van der Waals surface area contributed by atoms with Crippen LogP contribution in [0, 0.1) is 5.92 Å². The fourth-order valence-corrected chi connectivity index (χ4v) is 4.93. The van der Waals surface area contributed by atoms with E-state index < -0.39 is 0 Å². The van der Waals surface area contributed by atoms with Crippen molar-refractivity contribution in [2.75, 3.05) is 19.6 Å². The van der Waals surface area contributed by atoms with Crippen LogP contribution in [0.2, 0.25) is 0 Å². The number of hydrogen-bond donors (Lipinski definition) is 0. The van der Waals surface area contributed by atoms with Gasteiger partial charge in [0, 0.05) is 32.1 Å². The molecular weight excluding hydrogens is 340 g/mol. The molecule has 5 rings (SSSR count). The first kappa shape index (κ1) is 16.8. The molecule has 1 spiro atoms. The van der Waals surface area contributed by atoms with Crippen LogP contribution in [0.25, 0.3) is 10.9 Å². The van der Waals surface area contributed by atoms with Gasteiger partial charge in [0.05, 0.1) is 17.5 Å². The maximum Gasteiger partial charge on any atom is 0.275 e. The fraction of sp³-hybridized carbons (Fsp3) is 0.571. The van der Waals surface area contributed by atoms with Crippen LogP contribution >= 0.6 is 0 Å². The van der Waals surface area contributed by atoms with Gasteiger partial charge in [-0.3, -0.25) is 14.3 Å². The lowest BCUT2D eigenvalue weighted by Crippen LogP contribution is -2.56. The maximum atomic E-state index is 13.6. The summed E-state index contributed by atoms with van der Waals surface area (Å²) >= 11 is 0. The highest BCUT2D eigenvalue weighted by atomic mass is 16.2. The van der Waals surface area contributed by atoms with Crippen molar-refractivity contribution < 1.29 is 9.59 Å². The van der Waals surface area contributed by atoms with E-state index in [0.29, 0.717) is 31.1 Å². The molecular formula is C21H26N4O2. The van der Waals surface area contributed by atoms with Crippen LogP contribution < -0.4 is 0 Å². The highest BCUT2D eigenvalue weighted by Gasteiger charge is 2.51. The minimum atomic E-state index is -0.347. The van der Waals surface area contributed by atoms with Gasteiger partial charge in [0.15, 0.2) is 5.69 Å². The lowest BCUT2D eigenvalue weighted by Gasteiger charge is -2.44. The van der Waals surface area contributed by atoms with E-state index in [1.807, 2.05) is 41.1 Å². The Kier molecular flexibility index (Phi) is 3.78. The Balaban J connectivity index is 1.48. The highest BCUT2D eigenvalue weighted by molar-refractivity contribution is 6.05. The van der Waals surface area contributed by atoms with Crippen LogP contribution in [0.4, 0.5) is 0 Å². The monoisotopic (exact) mass is 366 g/mol. The molecule has 27 heavy (non-hydrogen) atoms. The van der Waals surface area contributed by atoms with Crippen LogP contribution in [0.3, 0.4) is 0 Å². The van der Waals surface area contributed by atoms with Gasteiger partial charge in [-0.2, -0.15) is 5.10 Å². The van der Waals surface area contributed by atoms with Crippen LogP contribution in [0.5, 0.6) is 0 Å². The summed E-state index contributed by atoms with van der Waals surface area (Å²) in [6.07, 6.45) is 5.93. The number of rotatable bonds is 3. The second-order valence-corrected chi connectivity index (χ2v) is 8.52. The number of aryl methyl sites for hydroxylation is 1. The molecule has 2 aliphatic heterocycles. The predicted octanol–water partition coefficient (Wildman–Crippen LogP) is 2.58. The Bertz CT molecular complexity index is 916. The van der Waals surface area contributed by atoms with Gasteiger partial charge in [0.25, 0.3) is 5.91 Å². The first-order chi connectivity index (χ1) is 13.1. The van der Waals surface area contributed by atoms with Crippen molar-refractivity contribution in [3.8, 4) is 0 Å². The zero-order valence-electron chi connectivity index (χ0n) is 15.9. The molecule has 2 aromatic rings. The van der Waals surface area contributed by atoms with E-state index in [1.54, 1.807) is 4.68 Å². The van der Waals surface area contributed by atoms with E-state index in [-0.39, 0.29) is 17.4 Å². The van der Waals surface area contributed by atoms with E-state index in [4.69, 9.17) is 0 Å². The van der Waals surface area contributed by atoms with Gasteiger partial charge >= 0.3 is 0 Å². The van der Waals surface area contributed by atoms with E-state index >= 15 is 0 Å². The van der Waals surface area contributed by atoms with Crippen LogP contribution in [-0.2, 0) is 11.8 Å². The molecule has 2 amide bonds. The maximum absolute atomic E-state index is 13.6. The number of nitrogens with zero attached hydrogens (tertiary/aromatic N) is 4. The topological polar surface area (TPSA) is 58.4 Å². The van der Waals surface area contributed by atoms with Gasteiger partial charge in [0.2, 0.25) is 5.91 Å². The number of piperidine rings is 1. The van der Waals surface area contributed by atoms with E-state index in [1.165, 1.54) is 12.8 Å². The Hall–Kier alpha value is -2.37. The molecule has 1 saturated carbocycles. The first-order valence-electron chi connectivity index (χ1n) is 10.1. The van der Waals surface area contributed by atoms with Crippen molar-refractivity contribution in [2.45, 2.75) is 44.1 Å². The fourth-order valence-electron chi connectivity index (χ4n) is 4.93. The molecule has 3 heterocycles. The molecule has 142 valence electrons. The number of aromatic nitrogens is 2. The third-order valence-corrected chi connectivity index (χ3v) is 6.55. The van der Waals surface area contributed by atoms with Crippen molar-refractivity contribution >= 4 is 22.7 Å². The van der Waals surface area contributed by atoms with Crippen molar-refractivity contribution in [1.29, 1.82) is 0 Å². The molecule has 1 aliphatic carbocycles. The number of carbonyl (C=O) groups is 2. The van der Waals surface area contributed by atoms with Crippen molar-refractivity contribution in [2.24, 2.45) is 13.0 Å². The normalized spacial score (nSPS) is 25.7. The molecule has 1 unspecified atom stereocenters. The summed E-state index contributed by atoms with van der Waals surface area (Å²) in [6, 6.07) is 7.86. The summed E-state index contributed by atoms with van der Waals surface area (Å²) in [5.74, 6) is 0.872. The predicted molar refractivity (Wildman–Crippen MR) is 102 cm³/mol. The highest BCUT2D eigenvalue weighted by Crippen LogP contribution is 2.40. The average Bonchev–Trinajstić information content (AvgIpc) is 3.35. The number of benzene rings is 1. The summed E-state index contributed by atoms with van der Waals surface area (Å²) in [7, 11) is 1.88. The number of para-hydroxylation sites is 1. The largest absolute Gasteiger partial charge is 0.340 e. The minimum absolute atomic E-state index is 0.0208. The molecule has 1 aromatic carbocycles. The Labute approximate surface area is 159 Å². The van der Waals surface area contributed by atoms with Gasteiger partial charge in [-0.1, -0.05) is 18.2 Å². The van der Waals surface area contributed by atoms with Crippen molar-refractivity contribution in [3.05, 3.63) is 30.0 Å². The van der Waals surface area contributed by atoms with E-state index in [2.05, 4.69) is 5.10 Å². The summed E-state index contributed by atoms with van der Waals surface area (Å²) in [5, 5.41) is 5.44. The molecule has 1 atom stereocenters. The molecule has 1 aromatic heterocycles. The number of carbonyl (C=O) groups excluding carboxylic acids is 2. The number of fused-ring (bicyclic) bond motifs is 1. The molecule has 0 N–H and O–H groups in total. The number of amides is 2. The number of likely N-dealkylation sites (tertiary alicyclic amines) is 2. The molecule has 3 aliphatic rings. The molecule has 0 radical (unpaired) electrons. The van der Waals surface area contributed by atoms with E-state index in [9.17, 15) is 9.59 Å². The Morgan fingerprint density at radius 3 is 2.89 bits per heavy atom. The Morgan fingerprint density at radius 1 is 1.26 bits per heavy atom. The summed E-state index contributed by atoms with van der Waals surface area (Å²) < 4.78 is 1.78. The second-order valence-electron chi connectivity index (χ2n) is 8.52. The number of hydrogen-bond acceptors (Lipinski definition) is 3. The van der Waals surface area contributed by atoms with Gasteiger partial charge < -0.3 is 9.80 Å². The molecule has 6 heteroatoms. The summed E-state index contributed by atoms with van der Waals surface area (Å²) in [4.78, 5) is 30.3. The lowest BCUT2D eigenvalue weighted by molar-refractivity contribution is -0.128. The lowest BCUT2D eigenvalue weighted by atomic mass is 9.85. The average molecular weight is 366 g/mol. The standard InChI is InChI=1S/C21H26N4O2/c1-23-17-7-3-2-6-16(17)19(22-23)20(27)25-11-5-4-10-21(25)12-18(26)24(14-21)13-15-8-9-15/h2-3,6-7,15H,4-5,8-14H2,1H3. The molecule has 6 nitrogen and oxygen atoms in total. The Morgan fingerprint density at radius 2 is 2.07 bits per heavy atom. The van der Waals surface area contributed by atoms with Gasteiger partial charge in [-0.25, -0.2) is 0 Å².